The van der Waals surface area contributed by atoms with Gasteiger partial charge in [0.25, 0.3) is 0 Å². The number of hydrogen-bond acceptors (Lipinski definition) is 5. The summed E-state index contributed by atoms with van der Waals surface area (Å²) in [6.07, 6.45) is -8.64. The summed E-state index contributed by atoms with van der Waals surface area (Å²) in [5, 5.41) is 8.93. The van der Waals surface area contributed by atoms with Crippen LogP contribution >= 0.6 is 0 Å². The number of hydrogen-bond donors (Lipinski definition) is 1. The maximum Gasteiger partial charge on any atom is 0.458 e. The lowest BCUT2D eigenvalue weighted by molar-refractivity contribution is -0.220. The molecule has 0 aromatic carbocycles. The van der Waals surface area contributed by atoms with E-state index in [0.29, 0.717) is 19.7 Å². The molecule has 10 heteroatoms. The number of carboxylic acid groups (broad SMARTS) is 1. The average molecular weight is 312 g/mol. The van der Waals surface area contributed by atoms with E-state index in [9.17, 15) is 22.8 Å². The monoisotopic (exact) mass is 312 g/mol. The normalized spacial score (nSPS) is 24.0. The third-order valence-electron chi connectivity index (χ3n) is 2.89. The van der Waals surface area contributed by atoms with Crippen LogP contribution < -0.4 is 0 Å². The standard InChI is InChI=1S/C11H16BF3O6/c1-3-4-5-12-20-7(9(16)17)8(21-12)10(18)19-6(2)11(13,14)15/h6-8H,3-5H2,1-2H3,(H,16,17)/t6?,7-,8-/m1/s1. The van der Waals surface area contributed by atoms with Crippen LogP contribution in [-0.2, 0) is 23.6 Å². The molecule has 21 heavy (non-hydrogen) atoms. The maximum atomic E-state index is 12.3. The van der Waals surface area contributed by atoms with Gasteiger partial charge >= 0.3 is 25.2 Å². The number of ether oxygens (including phenoxy) is 1. The molecule has 3 atom stereocenters. The molecule has 0 saturated carbocycles. The third-order valence-corrected chi connectivity index (χ3v) is 2.89. The first-order valence-corrected chi connectivity index (χ1v) is 6.47. The van der Waals surface area contributed by atoms with E-state index in [2.05, 4.69) is 4.74 Å². The highest BCUT2D eigenvalue weighted by molar-refractivity contribution is 6.46. The fraction of sp³-hybridized carbons (Fsp3) is 0.818. The van der Waals surface area contributed by atoms with E-state index in [0.717, 1.165) is 6.42 Å². The van der Waals surface area contributed by atoms with Gasteiger partial charge in [0, 0.05) is 0 Å². The molecule has 1 saturated heterocycles. The highest BCUT2D eigenvalue weighted by Crippen LogP contribution is 2.26. The Labute approximate surface area is 119 Å². The van der Waals surface area contributed by atoms with E-state index in [4.69, 9.17) is 14.4 Å². The van der Waals surface area contributed by atoms with Crippen molar-refractivity contribution < 1.29 is 41.9 Å². The van der Waals surface area contributed by atoms with E-state index in [1.54, 1.807) is 0 Å². The molecule has 0 aromatic rings. The second-order valence-corrected chi connectivity index (χ2v) is 4.64. The SMILES string of the molecule is CCCCB1O[C@@H](C(=O)O)[C@H](C(=O)OC(C)C(F)(F)F)O1. The lowest BCUT2D eigenvalue weighted by atomic mass is 9.83. The molecule has 0 amide bonds. The lowest BCUT2D eigenvalue weighted by Gasteiger charge is -2.19. The Morgan fingerprint density at radius 1 is 1.33 bits per heavy atom. The first-order chi connectivity index (χ1) is 9.66. The minimum Gasteiger partial charge on any atom is -0.479 e. The van der Waals surface area contributed by atoms with Crippen molar-refractivity contribution in [3.8, 4) is 0 Å². The quantitative estimate of drug-likeness (QED) is 0.593. The zero-order valence-corrected chi connectivity index (χ0v) is 11.6. The van der Waals surface area contributed by atoms with Crippen LogP contribution in [0.25, 0.3) is 0 Å². The first-order valence-electron chi connectivity index (χ1n) is 6.47. The summed E-state index contributed by atoms with van der Waals surface area (Å²) in [4.78, 5) is 22.6. The molecule has 1 N–H and O–H groups in total. The molecule has 0 bridgehead atoms. The van der Waals surface area contributed by atoms with Gasteiger partial charge in [-0.05, 0) is 13.2 Å². The summed E-state index contributed by atoms with van der Waals surface area (Å²) >= 11 is 0. The second kappa shape index (κ2) is 7.12. The van der Waals surface area contributed by atoms with Gasteiger partial charge in [0.1, 0.15) is 0 Å². The summed E-state index contributed by atoms with van der Waals surface area (Å²) in [5.74, 6) is -2.89. The molecule has 1 unspecified atom stereocenters. The topological polar surface area (TPSA) is 82.1 Å². The molecule has 0 aromatic heterocycles. The molecule has 0 aliphatic carbocycles. The van der Waals surface area contributed by atoms with Crippen molar-refractivity contribution in [3.63, 3.8) is 0 Å². The van der Waals surface area contributed by atoms with Crippen LogP contribution in [0.3, 0.4) is 0 Å². The number of carbonyl (C=O) groups excluding carboxylic acids is 1. The minimum absolute atomic E-state index is 0.346. The number of carboxylic acids is 1. The largest absolute Gasteiger partial charge is 0.479 e. The van der Waals surface area contributed by atoms with Crippen LogP contribution in [0.4, 0.5) is 13.2 Å². The molecule has 1 aliphatic rings. The number of alkyl halides is 3. The fourth-order valence-corrected chi connectivity index (χ4v) is 1.68. The molecule has 120 valence electrons. The Morgan fingerprint density at radius 3 is 2.38 bits per heavy atom. The highest BCUT2D eigenvalue weighted by atomic mass is 19.4. The summed E-state index contributed by atoms with van der Waals surface area (Å²) in [6, 6.07) is 0. The Hall–Kier alpha value is -1.29. The van der Waals surface area contributed by atoms with Gasteiger partial charge in [-0.3, -0.25) is 0 Å². The van der Waals surface area contributed by atoms with Crippen molar-refractivity contribution in [2.45, 2.75) is 57.5 Å². The number of unbranched alkanes of at least 4 members (excludes halogenated alkanes) is 1. The van der Waals surface area contributed by atoms with Gasteiger partial charge in [-0.25, -0.2) is 9.59 Å². The molecular formula is C11H16BF3O6. The molecule has 6 nitrogen and oxygen atoms in total. The van der Waals surface area contributed by atoms with E-state index in [1.165, 1.54) is 0 Å². The number of carbonyl (C=O) groups is 2. The lowest BCUT2D eigenvalue weighted by Crippen LogP contribution is -2.42. The molecular weight excluding hydrogens is 296 g/mol. The first kappa shape index (κ1) is 17.8. The van der Waals surface area contributed by atoms with Gasteiger partial charge in [-0.2, -0.15) is 13.2 Å². The Balaban J connectivity index is 2.69. The summed E-state index contributed by atoms with van der Waals surface area (Å²) in [6.45, 7) is 2.54. The Bertz CT molecular complexity index is 389. The van der Waals surface area contributed by atoms with Crippen molar-refractivity contribution in [3.05, 3.63) is 0 Å². The van der Waals surface area contributed by atoms with Gasteiger partial charge in [0.15, 0.2) is 18.3 Å². The van der Waals surface area contributed by atoms with Crippen LogP contribution in [-0.4, -0.2) is 48.7 Å². The van der Waals surface area contributed by atoms with Crippen molar-refractivity contribution >= 4 is 19.1 Å². The zero-order chi connectivity index (χ0) is 16.2. The third kappa shape index (κ3) is 4.89. The number of aliphatic carboxylic acids is 1. The van der Waals surface area contributed by atoms with Crippen molar-refractivity contribution in [2.24, 2.45) is 0 Å². The molecule has 0 radical (unpaired) electrons. The predicted molar refractivity (Wildman–Crippen MR) is 64.5 cm³/mol. The van der Waals surface area contributed by atoms with Gasteiger partial charge in [-0.1, -0.05) is 19.8 Å². The van der Waals surface area contributed by atoms with Crippen LogP contribution in [0.15, 0.2) is 0 Å². The van der Waals surface area contributed by atoms with E-state index in [-0.39, 0.29) is 0 Å². The molecule has 1 rings (SSSR count). The van der Waals surface area contributed by atoms with E-state index in [1.807, 2.05) is 6.92 Å². The minimum atomic E-state index is -4.73. The van der Waals surface area contributed by atoms with E-state index < -0.39 is 43.5 Å². The summed E-state index contributed by atoms with van der Waals surface area (Å²) in [5.41, 5.74) is 0. The molecule has 1 fully saturated rings. The highest BCUT2D eigenvalue weighted by Gasteiger charge is 2.50. The van der Waals surface area contributed by atoms with Crippen molar-refractivity contribution in [2.75, 3.05) is 0 Å². The zero-order valence-electron chi connectivity index (χ0n) is 11.6. The van der Waals surface area contributed by atoms with Crippen LogP contribution in [0, 0.1) is 0 Å². The van der Waals surface area contributed by atoms with Gasteiger partial charge < -0.3 is 19.2 Å². The fourth-order valence-electron chi connectivity index (χ4n) is 1.68. The van der Waals surface area contributed by atoms with Gasteiger partial charge in [0.05, 0.1) is 0 Å². The Morgan fingerprint density at radius 2 is 1.90 bits per heavy atom. The van der Waals surface area contributed by atoms with Crippen molar-refractivity contribution in [1.82, 2.24) is 0 Å². The molecule has 1 aliphatic heterocycles. The predicted octanol–water partition coefficient (Wildman–Crippen LogP) is 1.64. The summed E-state index contributed by atoms with van der Waals surface area (Å²) in [7, 11) is -0.940. The van der Waals surface area contributed by atoms with E-state index >= 15 is 0 Å². The molecule has 0 spiro atoms. The maximum absolute atomic E-state index is 12.3. The second-order valence-electron chi connectivity index (χ2n) is 4.64. The van der Waals surface area contributed by atoms with Gasteiger partial charge in [0.2, 0.25) is 0 Å². The van der Waals surface area contributed by atoms with Crippen LogP contribution in [0.2, 0.25) is 6.32 Å². The van der Waals surface area contributed by atoms with Crippen LogP contribution in [0.1, 0.15) is 26.7 Å². The average Bonchev–Trinajstić information content (AvgIpc) is 2.79. The molecule has 1 heterocycles. The Kier molecular flexibility index (Phi) is 6.03. The van der Waals surface area contributed by atoms with Crippen molar-refractivity contribution in [1.29, 1.82) is 0 Å². The number of rotatable bonds is 6. The van der Waals surface area contributed by atoms with Crippen LogP contribution in [0.5, 0.6) is 0 Å². The number of halogens is 3. The number of esters is 1. The smallest absolute Gasteiger partial charge is 0.458 e. The van der Waals surface area contributed by atoms with Gasteiger partial charge in [-0.15, -0.1) is 0 Å². The summed E-state index contributed by atoms with van der Waals surface area (Å²) < 4.78 is 51.3.